The van der Waals surface area contributed by atoms with Crippen LogP contribution in [0.2, 0.25) is 0 Å². The summed E-state index contributed by atoms with van der Waals surface area (Å²) in [5, 5.41) is 7.33. The van der Waals surface area contributed by atoms with E-state index in [1.54, 1.807) is 14.2 Å². The molecule has 7 rings (SSSR count). The Hall–Kier alpha value is -5.42. The fraction of sp³-hybridized carbons (Fsp3) is 0.128. The molecule has 5 nitrogen and oxygen atoms in total. The van der Waals surface area contributed by atoms with Crippen LogP contribution in [0, 0.1) is 6.92 Å². The molecule has 0 unspecified atom stereocenters. The van der Waals surface area contributed by atoms with Gasteiger partial charge in [0.1, 0.15) is 11.5 Å². The maximum absolute atomic E-state index is 15.4. The number of aryl methyl sites for hydroxylation is 1. The predicted octanol–water partition coefficient (Wildman–Crippen LogP) is 8.04. The highest BCUT2D eigenvalue weighted by Gasteiger charge is 2.63. The van der Waals surface area contributed by atoms with Crippen molar-refractivity contribution in [2.24, 2.45) is 5.10 Å². The van der Waals surface area contributed by atoms with Gasteiger partial charge in [-0.15, -0.1) is 0 Å². The van der Waals surface area contributed by atoms with Gasteiger partial charge in [-0.25, -0.2) is 5.01 Å². The molecule has 0 fully saturated rings. The Labute approximate surface area is 257 Å². The van der Waals surface area contributed by atoms with Crippen LogP contribution < -0.4 is 14.5 Å². The largest absolute Gasteiger partial charge is 0.497 e. The summed E-state index contributed by atoms with van der Waals surface area (Å²) in [6.45, 7) is 2.08. The Bertz CT molecular complexity index is 1890. The van der Waals surface area contributed by atoms with Crippen LogP contribution in [0.25, 0.3) is 11.6 Å². The quantitative estimate of drug-likeness (QED) is 0.192. The van der Waals surface area contributed by atoms with E-state index < -0.39 is 11.5 Å². The second-order valence-electron chi connectivity index (χ2n) is 11.2. The first-order valence-corrected chi connectivity index (χ1v) is 14.7. The number of hydrazone groups is 1. The van der Waals surface area contributed by atoms with Crippen molar-refractivity contribution in [3.63, 3.8) is 0 Å². The molecule has 1 spiro atoms. The molecule has 0 aromatic heterocycles. The lowest BCUT2D eigenvalue weighted by atomic mass is 9.71. The minimum atomic E-state index is -1.16. The van der Waals surface area contributed by atoms with Crippen LogP contribution in [0.15, 0.2) is 132 Å². The number of carbonyl (C=O) groups is 1. The number of para-hydroxylation sites is 1. The molecular formula is C39H32N2O3. The molecule has 0 saturated heterocycles. The number of anilines is 1. The molecule has 5 aromatic rings. The number of rotatable bonds is 6. The lowest BCUT2D eigenvalue weighted by Crippen LogP contribution is -2.49. The summed E-state index contributed by atoms with van der Waals surface area (Å²) in [4.78, 5) is 15.4. The molecule has 2 atom stereocenters. The van der Waals surface area contributed by atoms with E-state index in [0.717, 1.165) is 56.3 Å². The third kappa shape index (κ3) is 4.32. The molecule has 0 N–H and O–H groups in total. The van der Waals surface area contributed by atoms with E-state index in [2.05, 4.69) is 55.5 Å². The molecule has 5 aromatic carbocycles. The molecule has 44 heavy (non-hydrogen) atoms. The minimum absolute atomic E-state index is 0.00468. The van der Waals surface area contributed by atoms with Crippen LogP contribution in [0.4, 0.5) is 5.69 Å². The number of hydrogen-bond acceptors (Lipinski definition) is 5. The molecule has 0 bridgehead atoms. The second-order valence-corrected chi connectivity index (χ2v) is 11.2. The lowest BCUT2D eigenvalue weighted by Gasteiger charge is -2.38. The van der Waals surface area contributed by atoms with Gasteiger partial charge in [-0.1, -0.05) is 96.6 Å². The van der Waals surface area contributed by atoms with Crippen molar-refractivity contribution >= 4 is 28.8 Å². The Morgan fingerprint density at radius 3 is 2.00 bits per heavy atom. The Morgan fingerprint density at radius 2 is 1.34 bits per heavy atom. The summed E-state index contributed by atoms with van der Waals surface area (Å²) < 4.78 is 10.9. The van der Waals surface area contributed by atoms with Gasteiger partial charge < -0.3 is 9.47 Å². The lowest BCUT2D eigenvalue weighted by molar-refractivity contribution is -0.118. The summed E-state index contributed by atoms with van der Waals surface area (Å²) in [7, 11) is 3.31. The van der Waals surface area contributed by atoms with Gasteiger partial charge in [0.2, 0.25) is 0 Å². The molecule has 0 saturated carbocycles. The summed E-state index contributed by atoms with van der Waals surface area (Å²) in [5.41, 5.74) is 7.07. The van der Waals surface area contributed by atoms with Gasteiger partial charge >= 0.3 is 0 Å². The molecule has 1 aliphatic carbocycles. The zero-order chi connectivity index (χ0) is 30.3. The monoisotopic (exact) mass is 576 g/mol. The third-order valence-corrected chi connectivity index (χ3v) is 8.68. The van der Waals surface area contributed by atoms with Gasteiger partial charge in [0.05, 0.1) is 31.5 Å². The summed E-state index contributed by atoms with van der Waals surface area (Å²) >= 11 is 0. The topological polar surface area (TPSA) is 51.1 Å². The fourth-order valence-electron chi connectivity index (χ4n) is 6.55. The highest BCUT2D eigenvalue weighted by molar-refractivity contribution is 6.36. The van der Waals surface area contributed by atoms with Gasteiger partial charge in [-0.2, -0.15) is 5.10 Å². The van der Waals surface area contributed by atoms with Crippen molar-refractivity contribution in [2.45, 2.75) is 18.4 Å². The van der Waals surface area contributed by atoms with E-state index >= 15 is 4.79 Å². The second kappa shape index (κ2) is 11.0. The number of methoxy groups -OCH3 is 2. The first kappa shape index (κ1) is 27.4. The summed E-state index contributed by atoms with van der Waals surface area (Å²) in [6.07, 6.45) is 1.99. The molecule has 1 heterocycles. The number of carbonyl (C=O) groups excluding carboxylic acids is 1. The zero-order valence-corrected chi connectivity index (χ0v) is 24.9. The standard InChI is InChI=1S/C39H32N2O3/c1-26-13-17-29(18-14-26)37-36(28-19-23-32(44-3)24-20-28)39(41(40-37)30-9-5-4-6-10-30)35-12-8-7-11-33(35)34(38(39)42)25-27-15-21-31(43-2)22-16-27/h4-25,36H,1-3H3/b34-25+/t36-,39+/m1/s1. The zero-order valence-electron chi connectivity index (χ0n) is 24.9. The first-order chi connectivity index (χ1) is 21.5. The van der Waals surface area contributed by atoms with Crippen LogP contribution >= 0.6 is 0 Å². The number of Topliss-reactive ketones (excluding diaryl/α,β-unsaturated/α-hetero) is 1. The normalized spacial score (nSPS) is 19.8. The first-order valence-electron chi connectivity index (χ1n) is 14.7. The minimum Gasteiger partial charge on any atom is -0.497 e. The van der Waals surface area contributed by atoms with Gasteiger partial charge in [0.25, 0.3) is 0 Å². The number of ether oxygens (including phenoxy) is 2. The van der Waals surface area contributed by atoms with Gasteiger partial charge in [-0.3, -0.25) is 4.79 Å². The SMILES string of the molecule is COc1ccc(/C=C2/C(=O)[C@]3(c4ccccc42)[C@H](c2ccc(OC)cc2)C(c2ccc(C)cc2)=NN3c2ccccc2)cc1. The van der Waals surface area contributed by atoms with Crippen molar-refractivity contribution in [1.82, 2.24) is 0 Å². The maximum Gasteiger partial charge on any atom is 0.196 e. The van der Waals surface area contributed by atoms with Crippen LogP contribution in [-0.2, 0) is 10.3 Å². The van der Waals surface area contributed by atoms with Crippen molar-refractivity contribution in [3.8, 4) is 11.5 Å². The van der Waals surface area contributed by atoms with Crippen molar-refractivity contribution in [1.29, 1.82) is 0 Å². The predicted molar refractivity (Wildman–Crippen MR) is 176 cm³/mol. The average Bonchev–Trinajstić information content (AvgIpc) is 3.55. The van der Waals surface area contributed by atoms with E-state index in [1.807, 2.05) is 89.9 Å². The van der Waals surface area contributed by atoms with E-state index in [4.69, 9.17) is 14.6 Å². The average molecular weight is 577 g/mol. The van der Waals surface area contributed by atoms with Crippen LogP contribution in [0.5, 0.6) is 11.5 Å². The number of nitrogens with zero attached hydrogens (tertiary/aromatic N) is 2. The van der Waals surface area contributed by atoms with E-state index in [-0.39, 0.29) is 5.78 Å². The molecule has 1 aliphatic heterocycles. The Kier molecular flexibility index (Phi) is 6.86. The van der Waals surface area contributed by atoms with E-state index in [0.29, 0.717) is 5.57 Å². The van der Waals surface area contributed by atoms with Gasteiger partial charge in [-0.05, 0) is 77.2 Å². The Morgan fingerprint density at radius 1 is 0.727 bits per heavy atom. The third-order valence-electron chi connectivity index (χ3n) is 8.68. The number of benzene rings is 5. The van der Waals surface area contributed by atoms with Crippen molar-refractivity contribution in [2.75, 3.05) is 19.2 Å². The van der Waals surface area contributed by atoms with Crippen LogP contribution in [0.1, 0.15) is 39.3 Å². The summed E-state index contributed by atoms with van der Waals surface area (Å²) in [6, 6.07) is 42.4. The van der Waals surface area contributed by atoms with E-state index in [1.165, 1.54) is 0 Å². The summed E-state index contributed by atoms with van der Waals surface area (Å²) in [5.74, 6) is 1.12. The fourth-order valence-corrected chi connectivity index (χ4v) is 6.55. The van der Waals surface area contributed by atoms with E-state index in [9.17, 15) is 0 Å². The van der Waals surface area contributed by atoms with Gasteiger partial charge in [0.15, 0.2) is 11.3 Å². The molecule has 0 radical (unpaired) electrons. The number of fused-ring (bicyclic) bond motifs is 2. The van der Waals surface area contributed by atoms with Crippen LogP contribution in [0.3, 0.4) is 0 Å². The molecule has 216 valence electrons. The van der Waals surface area contributed by atoms with Gasteiger partial charge in [0, 0.05) is 5.57 Å². The molecule has 0 amide bonds. The molecular weight excluding hydrogens is 544 g/mol. The van der Waals surface area contributed by atoms with Crippen molar-refractivity contribution < 1.29 is 14.3 Å². The smallest absolute Gasteiger partial charge is 0.196 e. The molecule has 5 heteroatoms. The molecule has 2 aliphatic rings. The highest BCUT2D eigenvalue weighted by atomic mass is 16.5. The maximum atomic E-state index is 15.4. The van der Waals surface area contributed by atoms with Crippen molar-refractivity contribution in [3.05, 3.63) is 161 Å². The Balaban J connectivity index is 1.52. The number of hydrogen-bond donors (Lipinski definition) is 0. The highest BCUT2D eigenvalue weighted by Crippen LogP contribution is 2.58. The van der Waals surface area contributed by atoms with Crippen LogP contribution in [-0.4, -0.2) is 25.7 Å². The number of ketones is 1.